The molecular formula is C19H17F3N6. The second kappa shape index (κ2) is 7.41. The number of aromatic nitrogens is 4. The summed E-state index contributed by atoms with van der Waals surface area (Å²) in [5.41, 5.74) is 1.04. The highest BCUT2D eigenvalue weighted by atomic mass is 19.4. The maximum Gasteiger partial charge on any atom is 0.417 e. The van der Waals surface area contributed by atoms with Gasteiger partial charge in [0.05, 0.1) is 11.3 Å². The molecule has 3 aromatic rings. The first-order valence-corrected chi connectivity index (χ1v) is 8.77. The predicted octanol–water partition coefficient (Wildman–Crippen LogP) is 3.28. The van der Waals surface area contributed by atoms with Crippen LogP contribution in [0.3, 0.4) is 0 Å². The van der Waals surface area contributed by atoms with Crippen LogP contribution in [0.1, 0.15) is 5.56 Å². The number of rotatable bonds is 3. The molecule has 0 bridgehead atoms. The first-order chi connectivity index (χ1) is 13.5. The second-order valence-electron chi connectivity index (χ2n) is 6.35. The molecule has 4 heterocycles. The van der Waals surface area contributed by atoms with Crippen LogP contribution >= 0.6 is 0 Å². The van der Waals surface area contributed by atoms with Gasteiger partial charge in [0.1, 0.15) is 5.82 Å². The lowest BCUT2D eigenvalue weighted by Gasteiger charge is -2.35. The number of nitrogens with zero attached hydrogens (tertiary/aromatic N) is 6. The Morgan fingerprint density at radius 2 is 1.50 bits per heavy atom. The first-order valence-electron chi connectivity index (χ1n) is 8.77. The van der Waals surface area contributed by atoms with Crippen molar-refractivity contribution in [2.45, 2.75) is 6.18 Å². The smallest absolute Gasteiger partial charge is 0.353 e. The second-order valence-corrected chi connectivity index (χ2v) is 6.35. The van der Waals surface area contributed by atoms with Gasteiger partial charge in [0.25, 0.3) is 0 Å². The highest BCUT2D eigenvalue weighted by molar-refractivity contribution is 5.59. The van der Waals surface area contributed by atoms with Crippen LogP contribution in [0.4, 0.5) is 24.9 Å². The summed E-state index contributed by atoms with van der Waals surface area (Å²) in [6, 6.07) is 8.11. The van der Waals surface area contributed by atoms with Gasteiger partial charge in [-0.15, -0.1) is 0 Å². The van der Waals surface area contributed by atoms with Crippen molar-refractivity contribution < 1.29 is 13.2 Å². The standard InChI is InChI=1S/C19H17F3N6/c20-19(21,22)15-1-2-17(25-13-15)27-9-11-28(12-10-27)18-24-8-5-16(26-18)14-3-6-23-7-4-14/h1-8,13H,9-12H2. The van der Waals surface area contributed by atoms with E-state index in [1.807, 2.05) is 23.1 Å². The molecule has 0 atom stereocenters. The van der Waals surface area contributed by atoms with Crippen LogP contribution in [-0.2, 0) is 6.18 Å². The van der Waals surface area contributed by atoms with Crippen LogP contribution < -0.4 is 9.80 Å². The Hall–Kier alpha value is -3.23. The Balaban J connectivity index is 1.43. The van der Waals surface area contributed by atoms with Gasteiger partial charge >= 0.3 is 6.18 Å². The molecule has 0 radical (unpaired) electrons. The summed E-state index contributed by atoms with van der Waals surface area (Å²) in [7, 11) is 0. The molecule has 1 aliphatic heterocycles. The van der Waals surface area contributed by atoms with E-state index in [0.717, 1.165) is 23.5 Å². The van der Waals surface area contributed by atoms with Gasteiger partial charge in [0, 0.05) is 56.5 Å². The van der Waals surface area contributed by atoms with Crippen LogP contribution in [0.25, 0.3) is 11.3 Å². The van der Waals surface area contributed by atoms with Gasteiger partial charge < -0.3 is 9.80 Å². The minimum Gasteiger partial charge on any atom is -0.353 e. The Labute approximate surface area is 159 Å². The Morgan fingerprint density at radius 1 is 0.786 bits per heavy atom. The number of piperazine rings is 1. The van der Waals surface area contributed by atoms with Gasteiger partial charge in [-0.25, -0.2) is 15.0 Å². The maximum atomic E-state index is 12.7. The van der Waals surface area contributed by atoms with E-state index in [0.29, 0.717) is 37.9 Å². The van der Waals surface area contributed by atoms with Crippen LogP contribution in [0.5, 0.6) is 0 Å². The molecule has 0 unspecified atom stereocenters. The fraction of sp³-hybridized carbons (Fsp3) is 0.263. The zero-order valence-electron chi connectivity index (χ0n) is 14.8. The van der Waals surface area contributed by atoms with Gasteiger partial charge in [-0.1, -0.05) is 0 Å². The lowest BCUT2D eigenvalue weighted by Crippen LogP contribution is -2.47. The van der Waals surface area contributed by atoms with E-state index < -0.39 is 11.7 Å². The molecule has 28 heavy (non-hydrogen) atoms. The average molecular weight is 386 g/mol. The van der Waals surface area contributed by atoms with Crippen molar-refractivity contribution in [1.82, 2.24) is 19.9 Å². The number of pyridine rings is 2. The minimum absolute atomic E-state index is 0.541. The number of hydrogen-bond acceptors (Lipinski definition) is 6. The summed E-state index contributed by atoms with van der Waals surface area (Å²) >= 11 is 0. The molecule has 144 valence electrons. The molecule has 4 rings (SSSR count). The SMILES string of the molecule is FC(F)(F)c1ccc(N2CCN(c3nccc(-c4ccncc4)n3)CC2)nc1. The van der Waals surface area contributed by atoms with Crippen LogP contribution in [0.2, 0.25) is 0 Å². The van der Waals surface area contributed by atoms with Crippen molar-refractivity contribution in [2.24, 2.45) is 0 Å². The molecule has 1 aliphatic rings. The van der Waals surface area contributed by atoms with Crippen molar-refractivity contribution >= 4 is 11.8 Å². The molecule has 0 spiro atoms. The lowest BCUT2D eigenvalue weighted by atomic mass is 10.2. The minimum atomic E-state index is -4.37. The van der Waals surface area contributed by atoms with E-state index in [2.05, 4.69) is 24.8 Å². The highest BCUT2D eigenvalue weighted by Crippen LogP contribution is 2.29. The van der Waals surface area contributed by atoms with Crippen molar-refractivity contribution in [3.8, 4) is 11.3 Å². The summed E-state index contributed by atoms with van der Waals surface area (Å²) in [5, 5.41) is 0. The quantitative estimate of drug-likeness (QED) is 0.689. The van der Waals surface area contributed by atoms with Gasteiger partial charge in [0.2, 0.25) is 5.95 Å². The van der Waals surface area contributed by atoms with E-state index in [1.54, 1.807) is 18.6 Å². The molecule has 1 saturated heterocycles. The third-order valence-electron chi connectivity index (χ3n) is 4.58. The zero-order chi connectivity index (χ0) is 19.6. The van der Waals surface area contributed by atoms with Crippen LogP contribution in [0.15, 0.2) is 55.1 Å². The maximum absolute atomic E-state index is 12.7. The molecule has 1 fully saturated rings. The molecule has 0 aromatic carbocycles. The molecule has 6 nitrogen and oxygen atoms in total. The van der Waals surface area contributed by atoms with Gasteiger partial charge in [-0.3, -0.25) is 4.98 Å². The topological polar surface area (TPSA) is 58.0 Å². The average Bonchev–Trinajstić information content (AvgIpc) is 2.74. The molecule has 0 saturated carbocycles. The van der Waals surface area contributed by atoms with E-state index in [1.165, 1.54) is 6.07 Å². The molecule has 9 heteroatoms. The largest absolute Gasteiger partial charge is 0.417 e. The molecule has 3 aromatic heterocycles. The summed E-state index contributed by atoms with van der Waals surface area (Å²) in [4.78, 5) is 21.0. The Bertz CT molecular complexity index is 922. The van der Waals surface area contributed by atoms with Crippen molar-refractivity contribution in [1.29, 1.82) is 0 Å². The van der Waals surface area contributed by atoms with Crippen LogP contribution in [0, 0.1) is 0 Å². The number of halogens is 3. The first kappa shape index (κ1) is 18.1. The Kier molecular flexibility index (Phi) is 4.81. The third kappa shape index (κ3) is 3.88. The normalized spacial score (nSPS) is 15.0. The fourth-order valence-corrected chi connectivity index (χ4v) is 3.06. The molecule has 0 N–H and O–H groups in total. The van der Waals surface area contributed by atoms with Gasteiger partial charge in [-0.2, -0.15) is 13.2 Å². The van der Waals surface area contributed by atoms with E-state index >= 15 is 0 Å². The summed E-state index contributed by atoms with van der Waals surface area (Å²) in [6.45, 7) is 2.56. The molecule has 0 amide bonds. The fourth-order valence-electron chi connectivity index (χ4n) is 3.06. The summed E-state index contributed by atoms with van der Waals surface area (Å²) in [5.74, 6) is 1.17. The van der Waals surface area contributed by atoms with E-state index in [9.17, 15) is 13.2 Å². The van der Waals surface area contributed by atoms with Crippen molar-refractivity contribution in [2.75, 3.05) is 36.0 Å². The summed E-state index contributed by atoms with van der Waals surface area (Å²) < 4.78 is 38.0. The molecule has 0 aliphatic carbocycles. The van der Waals surface area contributed by atoms with E-state index in [-0.39, 0.29) is 0 Å². The van der Waals surface area contributed by atoms with Crippen molar-refractivity contribution in [3.63, 3.8) is 0 Å². The Morgan fingerprint density at radius 3 is 2.14 bits per heavy atom. The molecular weight excluding hydrogens is 369 g/mol. The predicted molar refractivity (Wildman–Crippen MR) is 98.9 cm³/mol. The summed E-state index contributed by atoms with van der Waals surface area (Å²) in [6.07, 6.45) is 1.66. The highest BCUT2D eigenvalue weighted by Gasteiger charge is 2.31. The monoisotopic (exact) mass is 386 g/mol. The number of anilines is 2. The van der Waals surface area contributed by atoms with Gasteiger partial charge in [-0.05, 0) is 30.3 Å². The van der Waals surface area contributed by atoms with E-state index in [4.69, 9.17) is 0 Å². The lowest BCUT2D eigenvalue weighted by molar-refractivity contribution is -0.137. The van der Waals surface area contributed by atoms with Gasteiger partial charge in [0.15, 0.2) is 0 Å². The van der Waals surface area contributed by atoms with Crippen molar-refractivity contribution in [3.05, 3.63) is 60.7 Å². The number of hydrogen-bond donors (Lipinski definition) is 0. The zero-order valence-corrected chi connectivity index (χ0v) is 14.8. The number of alkyl halides is 3. The third-order valence-corrected chi connectivity index (χ3v) is 4.58. The van der Waals surface area contributed by atoms with Crippen LogP contribution in [-0.4, -0.2) is 46.1 Å².